The minimum atomic E-state index is 0.571. The molecule has 1 saturated carbocycles. The summed E-state index contributed by atoms with van der Waals surface area (Å²) in [5.74, 6) is 1.87. The van der Waals surface area contributed by atoms with Crippen LogP contribution < -0.4 is 0 Å². The topological polar surface area (TPSA) is 30.7 Å². The first-order valence-electron chi connectivity index (χ1n) is 5.87. The average Bonchev–Trinajstić information content (AvgIpc) is 2.86. The molecule has 1 aliphatic rings. The van der Waals surface area contributed by atoms with Gasteiger partial charge in [-0.2, -0.15) is 0 Å². The van der Waals surface area contributed by atoms with Crippen LogP contribution in [0.3, 0.4) is 0 Å². The number of nitrogens with zero attached hydrogens (tertiary/aromatic N) is 3. The molecule has 0 bridgehead atoms. The zero-order valence-electron chi connectivity index (χ0n) is 9.41. The lowest BCUT2D eigenvalue weighted by Crippen LogP contribution is -2.03. The van der Waals surface area contributed by atoms with E-state index in [1.165, 1.54) is 19.3 Å². The van der Waals surface area contributed by atoms with Crippen LogP contribution in [0.2, 0.25) is 5.28 Å². The third kappa shape index (κ3) is 2.17. The van der Waals surface area contributed by atoms with Gasteiger partial charge in [-0.1, -0.05) is 20.3 Å². The van der Waals surface area contributed by atoms with E-state index < -0.39 is 0 Å². The molecule has 0 spiro atoms. The summed E-state index contributed by atoms with van der Waals surface area (Å²) in [4.78, 5) is 0. The summed E-state index contributed by atoms with van der Waals surface area (Å²) in [6.45, 7) is 4.39. The van der Waals surface area contributed by atoms with Crippen LogP contribution in [0.25, 0.3) is 0 Å². The Hall–Kier alpha value is -0.570. The predicted molar refractivity (Wildman–Crippen MR) is 61.1 cm³/mol. The first-order chi connectivity index (χ1) is 7.27. The molecule has 15 heavy (non-hydrogen) atoms. The molecule has 1 fully saturated rings. The largest absolute Gasteiger partial charge is 0.298 e. The van der Waals surface area contributed by atoms with Crippen LogP contribution in [0.15, 0.2) is 0 Å². The van der Waals surface area contributed by atoms with Gasteiger partial charge in [-0.25, -0.2) is 0 Å². The van der Waals surface area contributed by atoms with Crippen molar-refractivity contribution in [2.45, 2.75) is 52.0 Å². The monoisotopic (exact) mass is 227 g/mol. The molecule has 1 aliphatic carbocycles. The Bertz CT molecular complexity index is 335. The molecule has 84 valence electrons. The number of hydrogen-bond acceptors (Lipinski definition) is 2. The van der Waals surface area contributed by atoms with E-state index in [4.69, 9.17) is 11.6 Å². The molecule has 2 unspecified atom stereocenters. The Balaban J connectivity index is 2.10. The van der Waals surface area contributed by atoms with Crippen LogP contribution in [0.1, 0.15) is 51.4 Å². The van der Waals surface area contributed by atoms with Crippen molar-refractivity contribution >= 4 is 11.6 Å². The second-order valence-corrected chi connectivity index (χ2v) is 4.70. The van der Waals surface area contributed by atoms with Crippen molar-refractivity contribution in [3.8, 4) is 0 Å². The second kappa shape index (κ2) is 4.52. The van der Waals surface area contributed by atoms with Crippen LogP contribution in [0.5, 0.6) is 0 Å². The molecule has 4 heteroatoms. The summed E-state index contributed by atoms with van der Waals surface area (Å²) in [7, 11) is 0. The number of hydrogen-bond donors (Lipinski definition) is 0. The normalized spacial score (nSPS) is 24.5. The molecule has 0 aliphatic heterocycles. The Kier molecular flexibility index (Phi) is 3.29. The predicted octanol–water partition coefficient (Wildman–Crippen LogP) is 3.25. The lowest BCUT2D eigenvalue weighted by Gasteiger charge is -2.05. The third-order valence-electron chi connectivity index (χ3n) is 3.07. The summed E-state index contributed by atoms with van der Waals surface area (Å²) >= 11 is 6.07. The van der Waals surface area contributed by atoms with Gasteiger partial charge in [0.05, 0.1) is 0 Å². The van der Waals surface area contributed by atoms with Crippen molar-refractivity contribution in [2.75, 3.05) is 0 Å². The summed E-state index contributed by atoms with van der Waals surface area (Å²) < 4.78 is 2.14. The molecule has 3 nitrogen and oxygen atoms in total. The third-order valence-corrected chi connectivity index (χ3v) is 3.33. The van der Waals surface area contributed by atoms with Gasteiger partial charge in [0, 0.05) is 12.5 Å². The summed E-state index contributed by atoms with van der Waals surface area (Å²) in [6.07, 6.45) is 5.88. The van der Waals surface area contributed by atoms with E-state index in [0.717, 1.165) is 24.6 Å². The van der Waals surface area contributed by atoms with Crippen LogP contribution in [-0.4, -0.2) is 14.8 Å². The SMILES string of the molecule is CCCc1nnc(Cl)n1C1CC1CCC. The maximum atomic E-state index is 6.07. The van der Waals surface area contributed by atoms with Crippen molar-refractivity contribution in [2.24, 2.45) is 5.92 Å². The van der Waals surface area contributed by atoms with Gasteiger partial charge < -0.3 is 0 Å². The van der Waals surface area contributed by atoms with Gasteiger partial charge in [-0.3, -0.25) is 4.57 Å². The zero-order chi connectivity index (χ0) is 10.8. The molecule has 0 saturated heterocycles. The van der Waals surface area contributed by atoms with Gasteiger partial charge >= 0.3 is 0 Å². The lowest BCUT2D eigenvalue weighted by atomic mass is 10.2. The minimum Gasteiger partial charge on any atom is -0.298 e. The minimum absolute atomic E-state index is 0.571. The number of aromatic nitrogens is 3. The highest BCUT2D eigenvalue weighted by Gasteiger charge is 2.40. The molecule has 1 heterocycles. The van der Waals surface area contributed by atoms with E-state index in [0.29, 0.717) is 11.3 Å². The van der Waals surface area contributed by atoms with Gasteiger partial charge in [-0.05, 0) is 36.8 Å². The van der Waals surface area contributed by atoms with Crippen molar-refractivity contribution in [3.63, 3.8) is 0 Å². The highest BCUT2D eigenvalue weighted by atomic mass is 35.5. The Morgan fingerprint density at radius 2 is 2.13 bits per heavy atom. The standard InChI is InChI=1S/C11H18ClN3/c1-3-5-8-7-9(8)15-10(6-4-2)13-14-11(15)12/h8-9H,3-7H2,1-2H3. The fourth-order valence-corrected chi connectivity index (χ4v) is 2.51. The number of halogens is 1. The van der Waals surface area contributed by atoms with E-state index >= 15 is 0 Å². The Morgan fingerprint density at radius 3 is 2.80 bits per heavy atom. The molecule has 2 atom stereocenters. The maximum Gasteiger partial charge on any atom is 0.225 e. The number of rotatable bonds is 5. The van der Waals surface area contributed by atoms with E-state index in [1.807, 2.05) is 0 Å². The Morgan fingerprint density at radius 1 is 1.33 bits per heavy atom. The van der Waals surface area contributed by atoms with Crippen LogP contribution in [0, 0.1) is 5.92 Å². The molecule has 0 radical (unpaired) electrons. The molecule has 0 aromatic carbocycles. The maximum absolute atomic E-state index is 6.07. The lowest BCUT2D eigenvalue weighted by molar-refractivity contribution is 0.584. The summed E-state index contributed by atoms with van der Waals surface area (Å²) in [5.41, 5.74) is 0. The summed E-state index contributed by atoms with van der Waals surface area (Å²) in [6, 6.07) is 0.578. The van der Waals surface area contributed by atoms with Crippen molar-refractivity contribution in [1.29, 1.82) is 0 Å². The molecule has 0 amide bonds. The van der Waals surface area contributed by atoms with Crippen molar-refractivity contribution in [1.82, 2.24) is 14.8 Å². The van der Waals surface area contributed by atoms with Crippen LogP contribution in [0.4, 0.5) is 0 Å². The summed E-state index contributed by atoms with van der Waals surface area (Å²) in [5, 5.41) is 8.68. The zero-order valence-corrected chi connectivity index (χ0v) is 10.2. The fraction of sp³-hybridized carbons (Fsp3) is 0.818. The van der Waals surface area contributed by atoms with Gasteiger partial charge in [0.15, 0.2) is 0 Å². The highest BCUT2D eigenvalue weighted by Crippen LogP contribution is 2.48. The molecular weight excluding hydrogens is 210 g/mol. The van der Waals surface area contributed by atoms with Gasteiger partial charge in [0.2, 0.25) is 5.28 Å². The number of aryl methyl sites for hydroxylation is 1. The van der Waals surface area contributed by atoms with Gasteiger partial charge in [0.25, 0.3) is 0 Å². The van der Waals surface area contributed by atoms with E-state index in [2.05, 4.69) is 28.6 Å². The smallest absolute Gasteiger partial charge is 0.225 e. The van der Waals surface area contributed by atoms with Gasteiger partial charge in [-0.15, -0.1) is 10.2 Å². The van der Waals surface area contributed by atoms with Crippen molar-refractivity contribution in [3.05, 3.63) is 11.1 Å². The molecule has 1 aromatic heterocycles. The van der Waals surface area contributed by atoms with Gasteiger partial charge in [0.1, 0.15) is 5.82 Å². The van der Waals surface area contributed by atoms with E-state index in [9.17, 15) is 0 Å². The first kappa shape index (κ1) is 10.9. The molecule has 2 rings (SSSR count). The second-order valence-electron chi connectivity index (χ2n) is 4.36. The first-order valence-corrected chi connectivity index (χ1v) is 6.25. The van der Waals surface area contributed by atoms with Crippen molar-refractivity contribution < 1.29 is 0 Å². The molecular formula is C11H18ClN3. The Labute approximate surface area is 95.8 Å². The highest BCUT2D eigenvalue weighted by molar-refractivity contribution is 6.28. The van der Waals surface area contributed by atoms with E-state index in [1.54, 1.807) is 0 Å². The van der Waals surface area contributed by atoms with Crippen LogP contribution in [-0.2, 0) is 6.42 Å². The average molecular weight is 228 g/mol. The molecule has 0 N–H and O–H groups in total. The fourth-order valence-electron chi connectivity index (χ4n) is 2.25. The van der Waals surface area contributed by atoms with Crippen LogP contribution >= 0.6 is 11.6 Å². The van der Waals surface area contributed by atoms with E-state index in [-0.39, 0.29) is 0 Å². The molecule has 1 aromatic rings. The quantitative estimate of drug-likeness (QED) is 0.773.